The second-order valence-corrected chi connectivity index (χ2v) is 6.04. The van der Waals surface area contributed by atoms with Gasteiger partial charge in [0, 0.05) is 16.7 Å². The molecule has 0 atom stereocenters. The molecule has 1 heterocycles. The summed E-state index contributed by atoms with van der Waals surface area (Å²) in [5.41, 5.74) is 1.85. The van der Waals surface area contributed by atoms with Crippen molar-refractivity contribution in [3.05, 3.63) is 64.9 Å². The highest BCUT2D eigenvalue weighted by Crippen LogP contribution is 2.31. The number of aryl methyl sites for hydroxylation is 1. The van der Waals surface area contributed by atoms with Crippen molar-refractivity contribution in [1.82, 2.24) is 0 Å². The van der Waals surface area contributed by atoms with Gasteiger partial charge in [0.15, 0.2) is 0 Å². The Bertz CT molecular complexity index is 931. The van der Waals surface area contributed by atoms with Crippen molar-refractivity contribution in [3.8, 4) is 22.8 Å². The van der Waals surface area contributed by atoms with E-state index in [1.165, 1.54) is 7.11 Å². The summed E-state index contributed by atoms with van der Waals surface area (Å²) in [5, 5.41) is 3.48. The van der Waals surface area contributed by atoms with E-state index in [1.54, 1.807) is 50.4 Å². The molecular weight excluding hydrogens is 354 g/mol. The van der Waals surface area contributed by atoms with E-state index in [1.807, 2.05) is 12.1 Å². The zero-order valence-corrected chi connectivity index (χ0v) is 15.4. The number of benzene rings is 2. The molecule has 0 radical (unpaired) electrons. The fourth-order valence-corrected chi connectivity index (χ4v) is 2.68. The molecule has 6 heteroatoms. The number of amides is 1. The Morgan fingerprint density at radius 2 is 1.77 bits per heavy atom. The molecule has 1 aromatic heterocycles. The first-order valence-corrected chi connectivity index (χ1v) is 8.29. The fourth-order valence-electron chi connectivity index (χ4n) is 2.56. The van der Waals surface area contributed by atoms with Gasteiger partial charge in [-0.25, -0.2) is 0 Å². The predicted octanol–water partition coefficient (Wildman–Crippen LogP) is 5.18. The number of rotatable bonds is 5. The van der Waals surface area contributed by atoms with Crippen LogP contribution in [0.5, 0.6) is 11.5 Å². The van der Waals surface area contributed by atoms with Crippen molar-refractivity contribution < 1.29 is 18.7 Å². The highest BCUT2D eigenvalue weighted by molar-refractivity contribution is 6.30. The van der Waals surface area contributed by atoms with E-state index in [0.717, 1.165) is 5.56 Å². The van der Waals surface area contributed by atoms with E-state index >= 15 is 0 Å². The quantitative estimate of drug-likeness (QED) is 0.671. The Morgan fingerprint density at radius 3 is 2.42 bits per heavy atom. The lowest BCUT2D eigenvalue weighted by atomic mass is 10.1. The first kappa shape index (κ1) is 17.9. The van der Waals surface area contributed by atoms with Crippen LogP contribution >= 0.6 is 11.6 Å². The normalized spacial score (nSPS) is 10.5. The van der Waals surface area contributed by atoms with Crippen LogP contribution in [0.4, 0.5) is 5.69 Å². The molecule has 0 saturated carbocycles. The molecular formula is C20H18ClNO4. The van der Waals surface area contributed by atoms with Crippen LogP contribution in [0.25, 0.3) is 11.3 Å². The lowest BCUT2D eigenvalue weighted by Crippen LogP contribution is -2.12. The van der Waals surface area contributed by atoms with Crippen LogP contribution in [0, 0.1) is 6.92 Å². The second kappa shape index (κ2) is 7.54. The Kier molecular flexibility index (Phi) is 5.19. The monoisotopic (exact) mass is 371 g/mol. The Morgan fingerprint density at radius 1 is 1.04 bits per heavy atom. The summed E-state index contributed by atoms with van der Waals surface area (Å²) >= 11 is 5.91. The number of halogens is 1. The molecule has 0 aliphatic carbocycles. The number of anilines is 1. The second-order valence-electron chi connectivity index (χ2n) is 5.61. The maximum absolute atomic E-state index is 12.7. The van der Waals surface area contributed by atoms with Crippen LogP contribution < -0.4 is 14.8 Å². The number of hydrogen-bond donors (Lipinski definition) is 1. The molecule has 2 aromatic carbocycles. The van der Waals surface area contributed by atoms with Gasteiger partial charge in [-0.2, -0.15) is 0 Å². The molecule has 3 rings (SSSR count). The van der Waals surface area contributed by atoms with Crippen molar-refractivity contribution in [1.29, 1.82) is 0 Å². The maximum Gasteiger partial charge on any atom is 0.259 e. The molecule has 0 spiro atoms. The van der Waals surface area contributed by atoms with Crippen molar-refractivity contribution in [2.45, 2.75) is 6.92 Å². The summed E-state index contributed by atoms with van der Waals surface area (Å²) < 4.78 is 16.2. The molecule has 0 fully saturated rings. The molecule has 134 valence electrons. The number of nitrogens with one attached hydrogen (secondary N) is 1. The molecule has 0 aliphatic rings. The summed E-state index contributed by atoms with van der Waals surface area (Å²) in [6.45, 7) is 1.75. The van der Waals surface area contributed by atoms with Crippen molar-refractivity contribution in [3.63, 3.8) is 0 Å². The molecule has 0 unspecified atom stereocenters. The van der Waals surface area contributed by atoms with Crippen LogP contribution in [-0.2, 0) is 0 Å². The zero-order chi connectivity index (χ0) is 18.7. The molecule has 0 aliphatic heterocycles. The molecule has 0 bridgehead atoms. The van der Waals surface area contributed by atoms with Gasteiger partial charge in [0.1, 0.15) is 23.0 Å². The number of ether oxygens (including phenoxy) is 2. The summed E-state index contributed by atoms with van der Waals surface area (Å²) in [4.78, 5) is 12.7. The van der Waals surface area contributed by atoms with E-state index in [0.29, 0.717) is 39.3 Å². The lowest BCUT2D eigenvalue weighted by Gasteiger charge is -2.11. The molecule has 26 heavy (non-hydrogen) atoms. The van der Waals surface area contributed by atoms with Crippen LogP contribution in [0.3, 0.4) is 0 Å². The highest BCUT2D eigenvalue weighted by atomic mass is 35.5. The molecule has 1 amide bonds. The van der Waals surface area contributed by atoms with Gasteiger partial charge < -0.3 is 19.2 Å². The van der Waals surface area contributed by atoms with E-state index < -0.39 is 0 Å². The third kappa shape index (κ3) is 3.68. The van der Waals surface area contributed by atoms with Crippen LogP contribution in [-0.4, -0.2) is 20.1 Å². The fraction of sp³-hybridized carbons (Fsp3) is 0.150. The standard InChI is InChI=1S/C20H18ClNO4/c1-12-16(11-18(26-12)13-4-6-14(21)7-5-13)20(23)22-17-9-8-15(24-2)10-19(17)25-3/h4-11H,1-3H3,(H,22,23). The van der Waals surface area contributed by atoms with Gasteiger partial charge in [-0.05, 0) is 49.4 Å². The minimum absolute atomic E-state index is 0.282. The number of methoxy groups -OCH3 is 2. The molecule has 1 N–H and O–H groups in total. The Labute approximate surface area is 156 Å². The van der Waals surface area contributed by atoms with Gasteiger partial charge in [0.05, 0.1) is 25.5 Å². The average Bonchev–Trinajstić information content (AvgIpc) is 3.04. The predicted molar refractivity (Wildman–Crippen MR) is 101 cm³/mol. The molecule has 3 aromatic rings. The lowest BCUT2D eigenvalue weighted by molar-refractivity contribution is 0.102. The van der Waals surface area contributed by atoms with Crippen LogP contribution in [0.2, 0.25) is 5.02 Å². The highest BCUT2D eigenvalue weighted by Gasteiger charge is 2.18. The summed E-state index contributed by atoms with van der Waals surface area (Å²) in [7, 11) is 3.10. The minimum atomic E-state index is -0.282. The van der Waals surface area contributed by atoms with Gasteiger partial charge in [-0.3, -0.25) is 4.79 Å². The summed E-state index contributed by atoms with van der Waals surface area (Å²) in [6.07, 6.45) is 0. The Balaban J connectivity index is 1.86. The van der Waals surface area contributed by atoms with Gasteiger partial charge in [-0.15, -0.1) is 0 Å². The number of carbonyl (C=O) groups is 1. The SMILES string of the molecule is COc1ccc(NC(=O)c2cc(-c3ccc(Cl)cc3)oc2C)c(OC)c1. The van der Waals surface area contributed by atoms with Gasteiger partial charge >= 0.3 is 0 Å². The third-order valence-corrected chi connectivity index (χ3v) is 4.20. The van der Waals surface area contributed by atoms with Gasteiger partial charge in [0.2, 0.25) is 0 Å². The number of carbonyl (C=O) groups excluding carboxylic acids is 1. The summed E-state index contributed by atoms with van der Waals surface area (Å²) in [6, 6.07) is 14.1. The summed E-state index contributed by atoms with van der Waals surface area (Å²) in [5.74, 6) is 2.00. The van der Waals surface area contributed by atoms with Crippen LogP contribution in [0.15, 0.2) is 52.9 Å². The van der Waals surface area contributed by atoms with Crippen molar-refractivity contribution in [2.75, 3.05) is 19.5 Å². The smallest absolute Gasteiger partial charge is 0.259 e. The minimum Gasteiger partial charge on any atom is -0.497 e. The maximum atomic E-state index is 12.7. The van der Waals surface area contributed by atoms with E-state index in [2.05, 4.69) is 5.32 Å². The first-order chi connectivity index (χ1) is 12.5. The van der Waals surface area contributed by atoms with E-state index in [9.17, 15) is 4.79 Å². The van der Waals surface area contributed by atoms with E-state index in [4.69, 9.17) is 25.5 Å². The van der Waals surface area contributed by atoms with Gasteiger partial charge in [-0.1, -0.05) is 11.6 Å². The zero-order valence-electron chi connectivity index (χ0n) is 14.6. The number of hydrogen-bond acceptors (Lipinski definition) is 4. The third-order valence-electron chi connectivity index (χ3n) is 3.95. The van der Waals surface area contributed by atoms with Crippen molar-refractivity contribution in [2.24, 2.45) is 0 Å². The Hall–Kier alpha value is -2.92. The van der Waals surface area contributed by atoms with Gasteiger partial charge in [0.25, 0.3) is 5.91 Å². The topological polar surface area (TPSA) is 60.7 Å². The molecule has 0 saturated heterocycles. The average molecular weight is 372 g/mol. The van der Waals surface area contributed by atoms with Crippen LogP contribution in [0.1, 0.15) is 16.1 Å². The van der Waals surface area contributed by atoms with E-state index in [-0.39, 0.29) is 5.91 Å². The largest absolute Gasteiger partial charge is 0.497 e. The van der Waals surface area contributed by atoms with Crippen molar-refractivity contribution >= 4 is 23.2 Å². The molecule has 5 nitrogen and oxygen atoms in total. The first-order valence-electron chi connectivity index (χ1n) is 7.91. The number of furan rings is 1.